The zero-order chi connectivity index (χ0) is 13.2. The van der Waals surface area contributed by atoms with Gasteiger partial charge in [0, 0.05) is 11.1 Å². The molecule has 0 saturated heterocycles. The van der Waals surface area contributed by atoms with Crippen molar-refractivity contribution in [3.63, 3.8) is 0 Å². The van der Waals surface area contributed by atoms with Gasteiger partial charge >= 0.3 is 6.03 Å². The lowest BCUT2D eigenvalue weighted by Crippen LogP contribution is -2.35. The highest BCUT2D eigenvalue weighted by atomic mass is 32.1. The van der Waals surface area contributed by atoms with Crippen LogP contribution < -0.4 is 10.6 Å². The zero-order valence-electron chi connectivity index (χ0n) is 10.5. The molecule has 0 unspecified atom stereocenters. The van der Waals surface area contributed by atoms with Crippen LogP contribution in [0.2, 0.25) is 0 Å². The monoisotopic (exact) mass is 273 g/mol. The smallest absolute Gasteiger partial charge is 0.321 e. The summed E-state index contributed by atoms with van der Waals surface area (Å²) in [6.45, 7) is 0.466. The molecule has 0 bridgehead atoms. The second-order valence-corrected chi connectivity index (χ2v) is 5.77. The quantitative estimate of drug-likeness (QED) is 0.930. The van der Waals surface area contributed by atoms with Crippen LogP contribution in [0.25, 0.3) is 0 Å². The molecule has 0 aliphatic heterocycles. The molecule has 3 rings (SSSR count). The highest BCUT2D eigenvalue weighted by molar-refractivity contribution is 7.15. The Hall–Kier alpha value is -1.88. The first kappa shape index (κ1) is 12.2. The first-order valence-corrected chi connectivity index (χ1v) is 7.12. The molecule has 5 heteroatoms. The predicted octanol–water partition coefficient (Wildman–Crippen LogP) is 3.11. The number of hydrogen-bond donors (Lipinski definition) is 1. The lowest BCUT2D eigenvalue weighted by atomic mass is 10.2. The first-order valence-electron chi connectivity index (χ1n) is 6.30. The highest BCUT2D eigenvalue weighted by Crippen LogP contribution is 2.44. The van der Waals surface area contributed by atoms with Crippen molar-refractivity contribution in [2.45, 2.75) is 25.3 Å². The molecule has 1 aromatic heterocycles. The number of urea groups is 1. The van der Waals surface area contributed by atoms with Gasteiger partial charge < -0.3 is 5.73 Å². The summed E-state index contributed by atoms with van der Waals surface area (Å²) in [6, 6.07) is 9.35. The molecule has 4 nitrogen and oxygen atoms in total. The molecule has 2 amide bonds. The number of nitrogens with zero attached hydrogens (tertiary/aromatic N) is 2. The Labute approximate surface area is 115 Å². The molecule has 19 heavy (non-hydrogen) atoms. The SMILES string of the molecule is NC(=O)N(Cc1ccccc1)c1ncc(C2CC2)s1. The number of hydrogen-bond acceptors (Lipinski definition) is 3. The zero-order valence-corrected chi connectivity index (χ0v) is 11.3. The normalized spacial score (nSPS) is 14.3. The topological polar surface area (TPSA) is 59.2 Å². The van der Waals surface area contributed by atoms with Gasteiger partial charge in [0.05, 0.1) is 6.54 Å². The molecule has 1 aromatic carbocycles. The van der Waals surface area contributed by atoms with Crippen LogP contribution in [0, 0.1) is 0 Å². The van der Waals surface area contributed by atoms with E-state index >= 15 is 0 Å². The van der Waals surface area contributed by atoms with Gasteiger partial charge in [-0.1, -0.05) is 30.3 Å². The predicted molar refractivity (Wildman–Crippen MR) is 76.3 cm³/mol. The van der Waals surface area contributed by atoms with Gasteiger partial charge in [-0.15, -0.1) is 11.3 Å². The van der Waals surface area contributed by atoms with Crippen molar-refractivity contribution in [3.8, 4) is 0 Å². The van der Waals surface area contributed by atoms with E-state index in [1.165, 1.54) is 22.6 Å². The molecule has 1 saturated carbocycles. The Morgan fingerprint density at radius 3 is 2.74 bits per heavy atom. The summed E-state index contributed by atoms with van der Waals surface area (Å²) in [4.78, 5) is 18.7. The summed E-state index contributed by atoms with van der Waals surface area (Å²) in [5, 5.41) is 0.693. The van der Waals surface area contributed by atoms with E-state index in [-0.39, 0.29) is 0 Å². The summed E-state index contributed by atoms with van der Waals surface area (Å²) in [5.41, 5.74) is 6.52. The molecule has 1 aliphatic rings. The Kier molecular flexibility index (Phi) is 3.21. The van der Waals surface area contributed by atoms with Crippen molar-refractivity contribution in [3.05, 3.63) is 47.0 Å². The van der Waals surface area contributed by atoms with Crippen molar-refractivity contribution in [1.82, 2.24) is 4.98 Å². The Bertz CT molecular complexity index is 577. The van der Waals surface area contributed by atoms with E-state index in [9.17, 15) is 4.79 Å². The second kappa shape index (κ2) is 5.01. The average Bonchev–Trinajstić information content (AvgIpc) is 3.16. The number of thiazole rings is 1. The molecular weight excluding hydrogens is 258 g/mol. The average molecular weight is 273 g/mol. The number of anilines is 1. The minimum Gasteiger partial charge on any atom is -0.351 e. The molecule has 0 radical (unpaired) electrons. The fraction of sp³-hybridized carbons (Fsp3) is 0.286. The molecule has 2 aromatic rings. The standard InChI is InChI=1S/C14H15N3OS/c15-13(18)17(9-10-4-2-1-3-5-10)14-16-8-12(19-14)11-6-7-11/h1-5,8,11H,6-7,9H2,(H2,15,18). The Balaban J connectivity index is 1.81. The van der Waals surface area contributed by atoms with Gasteiger partial charge in [0.1, 0.15) is 0 Å². The van der Waals surface area contributed by atoms with Gasteiger partial charge in [-0.3, -0.25) is 4.90 Å². The minimum atomic E-state index is -0.458. The van der Waals surface area contributed by atoms with Gasteiger partial charge in [-0.25, -0.2) is 9.78 Å². The number of aromatic nitrogens is 1. The third kappa shape index (κ3) is 2.76. The number of carbonyl (C=O) groups excluding carboxylic acids is 1. The number of carbonyl (C=O) groups is 1. The van der Waals surface area contributed by atoms with Crippen LogP contribution in [0.3, 0.4) is 0 Å². The van der Waals surface area contributed by atoms with Crippen LogP contribution in [0.4, 0.5) is 9.93 Å². The molecule has 98 valence electrons. The summed E-state index contributed by atoms with van der Waals surface area (Å²) in [5.74, 6) is 0.651. The van der Waals surface area contributed by atoms with Crippen molar-refractivity contribution in [2.24, 2.45) is 5.73 Å². The minimum absolute atomic E-state index is 0.458. The van der Waals surface area contributed by atoms with Gasteiger partial charge in [-0.2, -0.15) is 0 Å². The Morgan fingerprint density at radius 1 is 1.37 bits per heavy atom. The van der Waals surface area contributed by atoms with E-state index in [2.05, 4.69) is 4.98 Å². The van der Waals surface area contributed by atoms with Crippen molar-refractivity contribution in [2.75, 3.05) is 4.90 Å². The van der Waals surface area contributed by atoms with Crippen LogP contribution in [-0.2, 0) is 6.54 Å². The van der Waals surface area contributed by atoms with Crippen molar-refractivity contribution >= 4 is 22.5 Å². The fourth-order valence-electron chi connectivity index (χ4n) is 1.96. The molecule has 1 fully saturated rings. The summed E-state index contributed by atoms with van der Waals surface area (Å²) < 4.78 is 0. The third-order valence-electron chi connectivity index (χ3n) is 3.17. The van der Waals surface area contributed by atoms with E-state index in [1.54, 1.807) is 11.3 Å². The molecule has 1 heterocycles. The number of nitrogens with two attached hydrogens (primary N) is 1. The number of primary amides is 1. The van der Waals surface area contributed by atoms with Gasteiger partial charge in [0.15, 0.2) is 5.13 Å². The summed E-state index contributed by atoms with van der Waals surface area (Å²) in [6.07, 6.45) is 4.34. The van der Waals surface area contributed by atoms with Crippen molar-refractivity contribution < 1.29 is 4.79 Å². The summed E-state index contributed by atoms with van der Waals surface area (Å²) >= 11 is 1.57. The van der Waals surface area contributed by atoms with Gasteiger partial charge in [0.25, 0.3) is 0 Å². The molecule has 2 N–H and O–H groups in total. The third-order valence-corrected chi connectivity index (χ3v) is 4.35. The lowest BCUT2D eigenvalue weighted by Gasteiger charge is -2.17. The van der Waals surface area contributed by atoms with Crippen molar-refractivity contribution in [1.29, 1.82) is 0 Å². The molecule has 0 atom stereocenters. The van der Waals surface area contributed by atoms with Gasteiger partial charge in [-0.05, 0) is 24.3 Å². The maximum atomic E-state index is 11.6. The lowest BCUT2D eigenvalue weighted by molar-refractivity contribution is 0.253. The van der Waals surface area contributed by atoms with E-state index in [0.717, 1.165) is 5.56 Å². The summed E-state index contributed by atoms with van der Waals surface area (Å²) in [7, 11) is 0. The van der Waals surface area contributed by atoms with E-state index in [4.69, 9.17) is 5.73 Å². The van der Waals surface area contributed by atoms with Crippen LogP contribution in [-0.4, -0.2) is 11.0 Å². The largest absolute Gasteiger partial charge is 0.351 e. The Morgan fingerprint density at radius 2 is 2.11 bits per heavy atom. The number of benzene rings is 1. The first-order chi connectivity index (χ1) is 9.24. The maximum absolute atomic E-state index is 11.6. The van der Waals surface area contributed by atoms with Crippen LogP contribution in [0.15, 0.2) is 36.5 Å². The van der Waals surface area contributed by atoms with Crippen LogP contribution in [0.5, 0.6) is 0 Å². The molecular formula is C14H15N3OS. The highest BCUT2D eigenvalue weighted by Gasteiger charge is 2.27. The van der Waals surface area contributed by atoms with E-state index in [0.29, 0.717) is 17.6 Å². The number of amides is 2. The maximum Gasteiger partial charge on any atom is 0.321 e. The fourth-order valence-corrected chi connectivity index (χ4v) is 3.05. The van der Waals surface area contributed by atoms with Crippen LogP contribution in [0.1, 0.15) is 29.2 Å². The number of rotatable bonds is 4. The van der Waals surface area contributed by atoms with E-state index < -0.39 is 6.03 Å². The molecule has 0 spiro atoms. The second-order valence-electron chi connectivity index (χ2n) is 4.73. The van der Waals surface area contributed by atoms with Crippen LogP contribution >= 0.6 is 11.3 Å². The van der Waals surface area contributed by atoms with E-state index in [1.807, 2.05) is 36.5 Å². The molecule has 1 aliphatic carbocycles. The van der Waals surface area contributed by atoms with Gasteiger partial charge in [0.2, 0.25) is 0 Å².